The van der Waals surface area contributed by atoms with E-state index in [4.69, 9.17) is 21.1 Å². The molecule has 7 heteroatoms. The van der Waals surface area contributed by atoms with Crippen molar-refractivity contribution in [3.8, 4) is 11.5 Å². The second-order valence-corrected chi connectivity index (χ2v) is 6.47. The Hall–Kier alpha value is -1.92. The molecule has 0 saturated heterocycles. The molecule has 1 amide bonds. The van der Waals surface area contributed by atoms with Crippen LogP contribution in [0.3, 0.4) is 0 Å². The number of amides is 1. The largest absolute Gasteiger partial charge is 0.486 e. The second kappa shape index (κ2) is 6.89. The summed E-state index contributed by atoms with van der Waals surface area (Å²) in [6.07, 6.45) is 0. The molecule has 2 heterocycles. The molecular formula is C15H15ClN2O3S. The molecule has 0 unspecified atom stereocenters. The van der Waals surface area contributed by atoms with E-state index in [9.17, 15) is 4.79 Å². The van der Waals surface area contributed by atoms with E-state index in [-0.39, 0.29) is 12.5 Å². The highest BCUT2D eigenvalue weighted by atomic mass is 35.5. The number of para-hydroxylation sites is 1. The molecule has 0 saturated carbocycles. The average Bonchev–Trinajstić information content (AvgIpc) is 2.96. The summed E-state index contributed by atoms with van der Waals surface area (Å²) in [5, 5.41) is 5.92. The molecule has 1 aromatic heterocycles. The summed E-state index contributed by atoms with van der Waals surface area (Å²) in [4.78, 5) is 12.9. The minimum atomic E-state index is -0.0983. The third-order valence-corrected chi connectivity index (χ3v) is 4.33. The van der Waals surface area contributed by atoms with Gasteiger partial charge in [-0.05, 0) is 24.3 Å². The highest BCUT2D eigenvalue weighted by molar-refractivity contribution is 7.16. The van der Waals surface area contributed by atoms with Gasteiger partial charge in [-0.3, -0.25) is 4.79 Å². The number of hydrogen-bond acceptors (Lipinski definition) is 5. The van der Waals surface area contributed by atoms with Crippen molar-refractivity contribution in [1.29, 1.82) is 0 Å². The van der Waals surface area contributed by atoms with Crippen molar-refractivity contribution in [2.75, 3.05) is 25.1 Å². The van der Waals surface area contributed by atoms with E-state index < -0.39 is 0 Å². The predicted octanol–water partition coefficient (Wildman–Crippen LogP) is 2.90. The Bertz CT molecular complexity index is 675. The molecule has 5 nitrogen and oxygen atoms in total. The van der Waals surface area contributed by atoms with E-state index in [2.05, 4.69) is 10.6 Å². The average molecular weight is 339 g/mol. The lowest BCUT2D eigenvalue weighted by molar-refractivity contribution is -0.119. The number of fused-ring (bicyclic) bond motifs is 1. The van der Waals surface area contributed by atoms with Gasteiger partial charge < -0.3 is 20.1 Å². The Morgan fingerprint density at radius 1 is 1.23 bits per heavy atom. The van der Waals surface area contributed by atoms with E-state index >= 15 is 0 Å². The van der Waals surface area contributed by atoms with Gasteiger partial charge in [0.25, 0.3) is 0 Å². The fourth-order valence-corrected chi connectivity index (χ4v) is 3.11. The van der Waals surface area contributed by atoms with Crippen LogP contribution in [0.4, 0.5) is 5.69 Å². The Morgan fingerprint density at radius 3 is 2.91 bits per heavy atom. The van der Waals surface area contributed by atoms with E-state index in [0.717, 1.165) is 14.9 Å². The number of anilines is 1. The van der Waals surface area contributed by atoms with Crippen molar-refractivity contribution in [3.05, 3.63) is 39.5 Å². The smallest absolute Gasteiger partial charge is 0.239 e. The van der Waals surface area contributed by atoms with Gasteiger partial charge in [0.05, 0.1) is 23.1 Å². The van der Waals surface area contributed by atoms with Gasteiger partial charge in [-0.2, -0.15) is 0 Å². The molecule has 2 N–H and O–H groups in total. The minimum absolute atomic E-state index is 0.0983. The Labute approximate surface area is 137 Å². The molecule has 3 rings (SSSR count). The molecule has 1 aliphatic heterocycles. The monoisotopic (exact) mass is 338 g/mol. The van der Waals surface area contributed by atoms with E-state index in [0.29, 0.717) is 31.3 Å². The lowest BCUT2D eigenvalue weighted by Gasteiger charge is -2.21. The van der Waals surface area contributed by atoms with Crippen LogP contribution in [0.25, 0.3) is 0 Å². The van der Waals surface area contributed by atoms with Gasteiger partial charge in [-0.1, -0.05) is 17.7 Å². The topological polar surface area (TPSA) is 59.6 Å². The zero-order valence-electron chi connectivity index (χ0n) is 11.7. The zero-order valence-corrected chi connectivity index (χ0v) is 13.3. The summed E-state index contributed by atoms with van der Waals surface area (Å²) in [5.74, 6) is 1.26. The number of carbonyl (C=O) groups excluding carboxylic acids is 1. The SMILES string of the molecule is O=C(CNc1cccc2c1OCCO2)NCc1ccc(Cl)s1. The summed E-state index contributed by atoms with van der Waals surface area (Å²) >= 11 is 7.31. The van der Waals surface area contributed by atoms with E-state index in [1.807, 2.05) is 30.3 Å². The first-order valence-electron chi connectivity index (χ1n) is 6.86. The summed E-state index contributed by atoms with van der Waals surface area (Å²) < 4.78 is 11.8. The molecule has 0 spiro atoms. The van der Waals surface area contributed by atoms with Crippen LogP contribution in [0.15, 0.2) is 30.3 Å². The number of carbonyl (C=O) groups is 1. The van der Waals surface area contributed by atoms with Crippen LogP contribution in [-0.2, 0) is 11.3 Å². The van der Waals surface area contributed by atoms with Crippen LogP contribution in [0, 0.1) is 0 Å². The van der Waals surface area contributed by atoms with Crippen molar-refractivity contribution >= 4 is 34.5 Å². The van der Waals surface area contributed by atoms with Gasteiger partial charge >= 0.3 is 0 Å². The second-order valence-electron chi connectivity index (χ2n) is 4.67. The van der Waals surface area contributed by atoms with Crippen LogP contribution in [0.1, 0.15) is 4.88 Å². The molecular weight excluding hydrogens is 324 g/mol. The number of halogens is 1. The fourth-order valence-electron chi connectivity index (χ4n) is 2.08. The van der Waals surface area contributed by atoms with Gasteiger partial charge in [-0.25, -0.2) is 0 Å². The molecule has 0 fully saturated rings. The molecule has 0 radical (unpaired) electrons. The molecule has 116 valence electrons. The number of rotatable bonds is 5. The normalized spacial score (nSPS) is 12.8. The maximum Gasteiger partial charge on any atom is 0.239 e. The molecule has 0 aliphatic carbocycles. The minimum Gasteiger partial charge on any atom is -0.486 e. The zero-order chi connectivity index (χ0) is 15.4. The molecule has 22 heavy (non-hydrogen) atoms. The quantitative estimate of drug-likeness (QED) is 0.880. The van der Waals surface area contributed by atoms with Gasteiger partial charge in [0, 0.05) is 4.88 Å². The third kappa shape index (κ3) is 3.64. The maximum atomic E-state index is 11.9. The van der Waals surface area contributed by atoms with Crippen molar-refractivity contribution < 1.29 is 14.3 Å². The number of hydrogen-bond donors (Lipinski definition) is 2. The molecule has 0 bridgehead atoms. The number of ether oxygens (including phenoxy) is 2. The number of thiophene rings is 1. The summed E-state index contributed by atoms with van der Waals surface area (Å²) in [6.45, 7) is 1.70. The molecule has 1 aliphatic rings. The van der Waals surface area contributed by atoms with Gasteiger partial charge in [-0.15, -0.1) is 11.3 Å². The Kier molecular flexibility index (Phi) is 4.70. The van der Waals surface area contributed by atoms with Crippen LogP contribution in [0.2, 0.25) is 4.34 Å². The first-order valence-corrected chi connectivity index (χ1v) is 8.05. The highest BCUT2D eigenvalue weighted by Gasteiger charge is 2.15. The molecule has 2 aromatic rings. The molecule has 0 atom stereocenters. The lowest BCUT2D eigenvalue weighted by atomic mass is 10.2. The van der Waals surface area contributed by atoms with Gasteiger partial charge in [0.15, 0.2) is 11.5 Å². The number of benzene rings is 1. The van der Waals surface area contributed by atoms with Crippen LogP contribution in [0.5, 0.6) is 11.5 Å². The fraction of sp³-hybridized carbons (Fsp3) is 0.267. The molecule has 1 aromatic carbocycles. The van der Waals surface area contributed by atoms with Crippen molar-refractivity contribution in [3.63, 3.8) is 0 Å². The van der Waals surface area contributed by atoms with Gasteiger partial charge in [0.2, 0.25) is 5.91 Å². The van der Waals surface area contributed by atoms with Crippen LogP contribution in [-0.4, -0.2) is 25.7 Å². The van der Waals surface area contributed by atoms with Crippen LogP contribution < -0.4 is 20.1 Å². The van der Waals surface area contributed by atoms with Crippen molar-refractivity contribution in [2.45, 2.75) is 6.54 Å². The maximum absolute atomic E-state index is 11.9. The highest BCUT2D eigenvalue weighted by Crippen LogP contribution is 2.37. The standard InChI is InChI=1S/C15H15ClN2O3S/c16-13-5-4-10(22-13)8-18-14(19)9-17-11-2-1-3-12-15(11)21-7-6-20-12/h1-5,17H,6-9H2,(H,18,19). The Balaban J connectivity index is 1.53. The van der Waals surface area contributed by atoms with Crippen molar-refractivity contribution in [2.24, 2.45) is 0 Å². The lowest BCUT2D eigenvalue weighted by Crippen LogP contribution is -2.29. The summed E-state index contributed by atoms with van der Waals surface area (Å²) in [5.41, 5.74) is 0.756. The van der Waals surface area contributed by atoms with E-state index in [1.54, 1.807) is 0 Å². The van der Waals surface area contributed by atoms with Gasteiger partial charge in [0.1, 0.15) is 13.2 Å². The summed E-state index contributed by atoms with van der Waals surface area (Å²) in [6, 6.07) is 9.29. The number of nitrogens with one attached hydrogen (secondary N) is 2. The third-order valence-electron chi connectivity index (χ3n) is 3.09. The van der Waals surface area contributed by atoms with E-state index in [1.165, 1.54) is 11.3 Å². The first-order chi connectivity index (χ1) is 10.7. The van der Waals surface area contributed by atoms with Crippen molar-refractivity contribution in [1.82, 2.24) is 5.32 Å². The predicted molar refractivity (Wildman–Crippen MR) is 87.1 cm³/mol. The summed E-state index contributed by atoms with van der Waals surface area (Å²) in [7, 11) is 0. The van der Waals surface area contributed by atoms with Crippen LogP contribution >= 0.6 is 22.9 Å². The first kappa shape index (κ1) is 15.0. The Morgan fingerprint density at radius 2 is 2.09 bits per heavy atom.